The third kappa shape index (κ3) is 17.8. The second kappa shape index (κ2) is 32.3. The zero-order chi connectivity index (χ0) is 69.3. The monoisotopic (exact) mass is 1620 g/mol. The molecule has 100 heavy (non-hydrogen) atoms. The number of halogens is 8. The van der Waals surface area contributed by atoms with Gasteiger partial charge in [-0.2, -0.15) is 0 Å². The molecule has 0 radical (unpaired) electrons. The molecule has 28 heteroatoms. The van der Waals surface area contributed by atoms with Crippen molar-refractivity contribution in [2.24, 2.45) is 0 Å². The van der Waals surface area contributed by atoms with Gasteiger partial charge in [-0.05, 0) is 135 Å². The molecule has 0 saturated carbocycles. The number of rotatable bonds is 24. The number of hydrogen-bond donors (Lipinski definition) is 0. The summed E-state index contributed by atoms with van der Waals surface area (Å²) >= 11 is 51.3. The van der Waals surface area contributed by atoms with Crippen LogP contribution in [0.1, 0.15) is 89.0 Å². The van der Waals surface area contributed by atoms with Crippen molar-refractivity contribution in [3.05, 3.63) is 329 Å². The summed E-state index contributed by atoms with van der Waals surface area (Å²) in [6.45, 7) is 0. The molecule has 0 amide bonds. The summed E-state index contributed by atoms with van der Waals surface area (Å²) in [4.78, 5) is 0. The molecule has 6 heterocycles. The van der Waals surface area contributed by atoms with E-state index >= 15 is 0 Å². The lowest BCUT2D eigenvalue weighted by Gasteiger charge is -2.60. The highest BCUT2D eigenvalue weighted by Crippen LogP contribution is 2.52. The van der Waals surface area contributed by atoms with Crippen molar-refractivity contribution in [1.82, 2.24) is 0 Å². The van der Waals surface area contributed by atoms with Gasteiger partial charge in [-0.15, -0.1) is 92.8 Å². The maximum absolute atomic E-state index is 8.13. The van der Waals surface area contributed by atoms with Gasteiger partial charge in [0, 0.05) is 47.0 Å². The zero-order valence-corrected chi connectivity index (χ0v) is 67.3. The predicted molar refractivity (Wildman–Crippen MR) is 419 cm³/mol. The van der Waals surface area contributed by atoms with E-state index in [1.165, 1.54) is 0 Å². The molecule has 0 N–H and O–H groups in total. The summed E-state index contributed by atoms with van der Waals surface area (Å²) in [5, 5.41) is 0. The summed E-state index contributed by atoms with van der Waals surface area (Å²) in [5.74, 6) is 2.33. The maximum Gasteiger partial charge on any atom is 0.508 e. The predicted octanol–water partition coefficient (Wildman–Crippen LogP) is 19.7. The van der Waals surface area contributed by atoms with Crippen LogP contribution in [0.25, 0.3) is 48.6 Å². The standard InChI is InChI=1S/C72H64Cl8O12Si8/c73-49-65-17-1-57(2-18-65)33-41-93-81-94(42-34-58-3-19-66(50-74)20-4-58)84-97(45-37-61-9-25-69(53-77)26-10-61)86-95(82-93,43-35-59-5-21-67(51-75)22-6-59)88-99(47-39-63-13-29-71(55-79)30-14-63)89-96(83-93,44-36-60-7-23-68(52-76)24-8-60)87-98(85-94,46-38-62-11-27-70(54-78)28-12-62)91-100(90-97,92-99)48-40-64-15-31-72(56-80)32-16-64/h1-48H,49-56H2/b41-33+,42-34+,43-35+,44-36+,45-37+,46-38+,47-39+,48-40+. The normalized spacial score (nSPS) is 27.4. The summed E-state index contributed by atoms with van der Waals surface area (Å²) < 4.78 is 97.6. The Kier molecular flexibility index (Phi) is 23.8. The van der Waals surface area contributed by atoms with Crippen molar-refractivity contribution in [2.75, 3.05) is 0 Å². The largest absolute Gasteiger partial charge is 0.508 e. The minimum absolute atomic E-state index is 0.291. The van der Waals surface area contributed by atoms with Gasteiger partial charge in [-0.25, -0.2) is 0 Å². The van der Waals surface area contributed by atoms with Crippen molar-refractivity contribution in [1.29, 1.82) is 0 Å². The molecule has 0 aliphatic carbocycles. The summed E-state index contributed by atoms with van der Waals surface area (Å²) in [7, 11) is -40.1. The van der Waals surface area contributed by atoms with Gasteiger partial charge >= 0.3 is 70.4 Å². The zero-order valence-electron chi connectivity index (χ0n) is 53.3. The van der Waals surface area contributed by atoms with Gasteiger partial charge in [0.05, 0.1) is 0 Å². The van der Waals surface area contributed by atoms with Crippen LogP contribution in [-0.4, -0.2) is 70.4 Å². The Morgan fingerprint density at radius 2 is 0.250 bits per heavy atom. The van der Waals surface area contributed by atoms with Crippen molar-refractivity contribution >= 4 is 212 Å². The van der Waals surface area contributed by atoms with Crippen LogP contribution >= 0.6 is 92.8 Å². The quantitative estimate of drug-likeness (QED) is 0.0424. The van der Waals surface area contributed by atoms with Gasteiger partial charge in [0.2, 0.25) is 0 Å². The second-order valence-electron chi connectivity index (χ2n) is 23.7. The van der Waals surface area contributed by atoms with Crippen LogP contribution in [0, 0.1) is 0 Å². The van der Waals surface area contributed by atoms with Crippen LogP contribution < -0.4 is 0 Å². The van der Waals surface area contributed by atoms with Crippen LogP contribution in [-0.2, 0) is 96.4 Å². The Morgan fingerprint density at radius 3 is 0.330 bits per heavy atom. The fourth-order valence-electron chi connectivity index (χ4n) is 11.0. The van der Waals surface area contributed by atoms with Crippen LogP contribution in [0.4, 0.5) is 0 Å². The lowest BCUT2D eigenvalue weighted by Crippen LogP contribution is -2.87. The lowest BCUT2D eigenvalue weighted by molar-refractivity contribution is -0.00559. The van der Waals surface area contributed by atoms with Gasteiger partial charge in [0.25, 0.3) is 0 Å². The number of alkyl halides is 8. The molecule has 8 bridgehead atoms. The highest BCUT2D eigenvalue weighted by Gasteiger charge is 2.82. The molecule has 0 aromatic heterocycles. The molecule has 0 spiro atoms. The molecular weight excluding hydrogens is 1570 g/mol. The first kappa shape index (κ1) is 73.6. The molecular formula is C72H64Cl8O12Si8. The number of hydrogen-bond acceptors (Lipinski definition) is 12. The van der Waals surface area contributed by atoms with Crippen LogP contribution in [0.2, 0.25) is 0 Å². The van der Waals surface area contributed by atoms with Crippen molar-refractivity contribution in [3.8, 4) is 0 Å². The SMILES string of the molecule is ClCc1ccc(/C=C/[Si]23O[Si]4(/C=C/c5ccc(CCl)cc5)O[Si]5(/C=C/c6ccc(CCl)cc6)O[Si](/C=C/c6ccc(CCl)cc6)(O2)O[Si]2(/C=C/c6ccc(CCl)cc6)O[Si](/C=C/c6ccc(CCl)cc6)(O3)O[Si](/C=C/c3ccc(CCl)cc3)(O4)O[Si](/C=C/c3ccc(CCl)cc3)(O5)O2)cc1. The molecule has 6 aliphatic heterocycles. The smallest absolute Gasteiger partial charge is 0.367 e. The van der Waals surface area contributed by atoms with Gasteiger partial charge in [0.15, 0.2) is 0 Å². The van der Waals surface area contributed by atoms with Crippen LogP contribution in [0.15, 0.2) is 240 Å². The van der Waals surface area contributed by atoms with E-state index in [1.54, 1.807) is 45.6 Å². The first-order valence-corrected chi connectivity index (χ1v) is 50.4. The van der Waals surface area contributed by atoms with Crippen molar-refractivity contribution in [3.63, 3.8) is 0 Å². The topological polar surface area (TPSA) is 111 Å². The van der Waals surface area contributed by atoms with E-state index in [1.807, 2.05) is 243 Å². The summed E-state index contributed by atoms with van der Waals surface area (Å²) in [6.07, 6.45) is 14.8. The van der Waals surface area contributed by atoms with Gasteiger partial charge in [0.1, 0.15) is 0 Å². The van der Waals surface area contributed by atoms with Crippen molar-refractivity contribution in [2.45, 2.75) is 47.0 Å². The van der Waals surface area contributed by atoms with E-state index in [9.17, 15) is 0 Å². The molecule has 14 rings (SSSR count). The van der Waals surface area contributed by atoms with E-state index < -0.39 is 70.4 Å². The van der Waals surface area contributed by atoms with E-state index in [0.717, 1.165) is 89.0 Å². The second-order valence-corrected chi connectivity index (χ2v) is 48.0. The van der Waals surface area contributed by atoms with Gasteiger partial charge in [-0.3, -0.25) is 0 Å². The Bertz CT molecular complexity index is 3490. The molecule has 6 saturated heterocycles. The summed E-state index contributed by atoms with van der Waals surface area (Å²) in [6, 6.07) is 62.0. The Hall–Kier alpha value is -4.74. The molecule has 8 aromatic carbocycles. The molecule has 6 fully saturated rings. The first-order valence-electron chi connectivity index (χ1n) is 31.7. The molecule has 12 nitrogen and oxygen atoms in total. The third-order valence-corrected chi connectivity index (χ3v) is 50.7. The highest BCUT2D eigenvalue weighted by atomic mass is 35.5. The Morgan fingerprint density at radius 1 is 0.160 bits per heavy atom. The Balaban J connectivity index is 1.17. The van der Waals surface area contributed by atoms with E-state index in [0.29, 0.717) is 47.0 Å². The van der Waals surface area contributed by atoms with Gasteiger partial charge in [-0.1, -0.05) is 243 Å². The average molecular weight is 1630 g/mol. The van der Waals surface area contributed by atoms with E-state index in [-0.39, 0.29) is 0 Å². The highest BCUT2D eigenvalue weighted by molar-refractivity contribution is 7.08. The van der Waals surface area contributed by atoms with E-state index in [4.69, 9.17) is 142 Å². The molecule has 0 atom stereocenters. The minimum atomic E-state index is -5.01. The third-order valence-electron chi connectivity index (χ3n) is 16.3. The average Bonchev–Trinajstić information content (AvgIpc) is 0.686. The summed E-state index contributed by atoms with van der Waals surface area (Å²) in [5.41, 5.74) is 27.2. The molecule has 0 unspecified atom stereocenters. The van der Waals surface area contributed by atoms with Gasteiger partial charge < -0.3 is 49.4 Å². The fraction of sp³-hybridized carbons (Fsp3) is 0.111. The molecule has 512 valence electrons. The van der Waals surface area contributed by atoms with Crippen LogP contribution in [0.5, 0.6) is 0 Å². The van der Waals surface area contributed by atoms with E-state index in [2.05, 4.69) is 0 Å². The molecule has 8 aromatic rings. The maximum atomic E-state index is 8.13. The molecule has 6 aliphatic rings. The lowest BCUT2D eigenvalue weighted by atomic mass is 10.1. The Labute approximate surface area is 631 Å². The fourth-order valence-corrected chi connectivity index (χ4v) is 54.2. The van der Waals surface area contributed by atoms with Crippen molar-refractivity contribution < 1.29 is 49.4 Å². The minimum Gasteiger partial charge on any atom is -0.367 e. The van der Waals surface area contributed by atoms with Crippen LogP contribution in [0.3, 0.4) is 0 Å². The first-order chi connectivity index (χ1) is 48.6. The number of benzene rings is 8.